The Morgan fingerprint density at radius 3 is 2.58 bits per heavy atom. The third-order valence-electron chi connectivity index (χ3n) is 3.55. The van der Waals surface area contributed by atoms with Gasteiger partial charge in [0, 0.05) is 17.8 Å². The molecule has 1 aromatic rings. The molecule has 2 atom stereocenters. The number of benzene rings is 1. The fraction of sp³-hybridized carbons (Fsp3) is 0.538. The summed E-state index contributed by atoms with van der Waals surface area (Å²) in [5.74, 6) is -0.0944. The smallest absolute Gasteiger partial charge is 0.216 e. The molecule has 0 aromatic heterocycles. The second-order valence-electron chi connectivity index (χ2n) is 5.13. The standard InChI is InChI=1S/C13H21N3O2S/c14-11-6-2-1-5-10(11)9-19(17,18)16-13-8-4-3-7-12(13)15/h1-2,5-6,12-13,16H,3-4,7-9,14-15H2. The monoisotopic (exact) mass is 283 g/mol. The largest absolute Gasteiger partial charge is 0.398 e. The van der Waals surface area contributed by atoms with Gasteiger partial charge in [-0.15, -0.1) is 0 Å². The van der Waals surface area contributed by atoms with Crippen LogP contribution in [-0.2, 0) is 15.8 Å². The van der Waals surface area contributed by atoms with Crippen LogP contribution in [0.2, 0.25) is 0 Å². The van der Waals surface area contributed by atoms with E-state index in [4.69, 9.17) is 11.5 Å². The van der Waals surface area contributed by atoms with E-state index in [-0.39, 0.29) is 17.8 Å². The molecule has 2 rings (SSSR count). The number of hydrogen-bond acceptors (Lipinski definition) is 4. The molecule has 0 heterocycles. The summed E-state index contributed by atoms with van der Waals surface area (Å²) in [6, 6.07) is 6.77. The van der Waals surface area contributed by atoms with Crippen LogP contribution in [0, 0.1) is 0 Å². The summed E-state index contributed by atoms with van der Waals surface area (Å²) in [4.78, 5) is 0. The number of nitrogens with two attached hydrogens (primary N) is 2. The Balaban J connectivity index is 2.04. The van der Waals surface area contributed by atoms with Crippen LogP contribution in [0.15, 0.2) is 24.3 Å². The van der Waals surface area contributed by atoms with Crippen molar-refractivity contribution in [1.29, 1.82) is 0 Å². The van der Waals surface area contributed by atoms with Crippen molar-refractivity contribution in [2.75, 3.05) is 5.73 Å². The van der Waals surface area contributed by atoms with Gasteiger partial charge in [-0.25, -0.2) is 13.1 Å². The molecule has 1 aliphatic rings. The minimum Gasteiger partial charge on any atom is -0.398 e. The van der Waals surface area contributed by atoms with Crippen molar-refractivity contribution in [2.45, 2.75) is 43.5 Å². The maximum atomic E-state index is 12.1. The van der Waals surface area contributed by atoms with E-state index in [1.165, 1.54) is 0 Å². The van der Waals surface area contributed by atoms with Crippen LogP contribution >= 0.6 is 0 Å². The topological polar surface area (TPSA) is 98.2 Å². The van der Waals surface area contributed by atoms with Gasteiger partial charge in [0.2, 0.25) is 10.0 Å². The molecule has 1 aromatic carbocycles. The van der Waals surface area contributed by atoms with Crippen molar-refractivity contribution in [3.8, 4) is 0 Å². The Morgan fingerprint density at radius 1 is 1.21 bits per heavy atom. The van der Waals surface area contributed by atoms with Gasteiger partial charge in [0.1, 0.15) is 0 Å². The first-order valence-corrected chi connectivity index (χ1v) is 8.22. The number of sulfonamides is 1. The fourth-order valence-corrected chi connectivity index (χ4v) is 3.96. The molecule has 1 aliphatic carbocycles. The molecular formula is C13H21N3O2S. The van der Waals surface area contributed by atoms with Crippen LogP contribution in [0.3, 0.4) is 0 Å². The van der Waals surface area contributed by atoms with Gasteiger partial charge >= 0.3 is 0 Å². The van der Waals surface area contributed by atoms with Gasteiger partial charge in [-0.1, -0.05) is 31.0 Å². The van der Waals surface area contributed by atoms with Gasteiger partial charge in [0.15, 0.2) is 0 Å². The van der Waals surface area contributed by atoms with E-state index < -0.39 is 10.0 Å². The normalized spacial score (nSPS) is 24.3. The van der Waals surface area contributed by atoms with Gasteiger partial charge in [0.05, 0.1) is 5.75 Å². The fourth-order valence-electron chi connectivity index (χ4n) is 2.45. The summed E-state index contributed by atoms with van der Waals surface area (Å²) >= 11 is 0. The van der Waals surface area contributed by atoms with Crippen molar-refractivity contribution in [2.24, 2.45) is 5.73 Å². The highest BCUT2D eigenvalue weighted by atomic mass is 32.2. The molecule has 2 unspecified atom stereocenters. The van der Waals surface area contributed by atoms with Crippen LogP contribution in [0.5, 0.6) is 0 Å². The molecule has 0 radical (unpaired) electrons. The summed E-state index contributed by atoms with van der Waals surface area (Å²) in [5.41, 5.74) is 12.9. The number of rotatable bonds is 4. The van der Waals surface area contributed by atoms with Gasteiger partial charge in [-0.3, -0.25) is 0 Å². The summed E-state index contributed by atoms with van der Waals surface area (Å²) in [5, 5.41) is 0. The molecule has 5 N–H and O–H groups in total. The Hall–Kier alpha value is -1.11. The minimum atomic E-state index is -3.40. The molecule has 6 heteroatoms. The lowest BCUT2D eigenvalue weighted by atomic mass is 9.92. The number of nitrogens with one attached hydrogen (secondary N) is 1. The minimum absolute atomic E-state index is 0.0864. The summed E-state index contributed by atoms with van der Waals surface area (Å²) in [6.45, 7) is 0. The average Bonchev–Trinajstić information content (AvgIpc) is 2.35. The van der Waals surface area contributed by atoms with Crippen LogP contribution in [0.1, 0.15) is 31.2 Å². The molecule has 0 spiro atoms. The van der Waals surface area contributed by atoms with Crippen LogP contribution in [-0.4, -0.2) is 20.5 Å². The Morgan fingerprint density at radius 2 is 1.89 bits per heavy atom. The van der Waals surface area contributed by atoms with Crippen molar-refractivity contribution < 1.29 is 8.42 Å². The lowest BCUT2D eigenvalue weighted by Crippen LogP contribution is -2.49. The summed E-state index contributed by atoms with van der Waals surface area (Å²) in [7, 11) is -3.40. The second-order valence-corrected chi connectivity index (χ2v) is 6.88. The zero-order valence-electron chi connectivity index (χ0n) is 10.9. The maximum Gasteiger partial charge on any atom is 0.216 e. The molecule has 5 nitrogen and oxygen atoms in total. The maximum absolute atomic E-state index is 12.1. The number of hydrogen-bond donors (Lipinski definition) is 3. The van der Waals surface area contributed by atoms with Crippen molar-refractivity contribution >= 4 is 15.7 Å². The molecule has 1 saturated carbocycles. The van der Waals surface area contributed by atoms with E-state index in [2.05, 4.69) is 4.72 Å². The molecule has 0 saturated heterocycles. The number of anilines is 1. The second kappa shape index (κ2) is 5.90. The van der Waals surface area contributed by atoms with Gasteiger partial charge in [0.25, 0.3) is 0 Å². The summed E-state index contributed by atoms with van der Waals surface area (Å²) in [6.07, 6.45) is 3.78. The van der Waals surface area contributed by atoms with E-state index >= 15 is 0 Å². The average molecular weight is 283 g/mol. The third kappa shape index (κ3) is 3.92. The van der Waals surface area contributed by atoms with Gasteiger partial charge < -0.3 is 11.5 Å². The Bertz CT molecular complexity index is 530. The predicted octanol–water partition coefficient (Wildman–Crippen LogP) is 0.958. The zero-order chi connectivity index (χ0) is 13.9. The molecule has 106 valence electrons. The van der Waals surface area contributed by atoms with E-state index in [1.54, 1.807) is 24.3 Å². The molecule has 0 amide bonds. The van der Waals surface area contributed by atoms with Crippen molar-refractivity contribution in [1.82, 2.24) is 4.72 Å². The van der Waals surface area contributed by atoms with Crippen molar-refractivity contribution in [3.05, 3.63) is 29.8 Å². The highest BCUT2D eigenvalue weighted by Crippen LogP contribution is 2.19. The predicted molar refractivity (Wildman–Crippen MR) is 76.8 cm³/mol. The molecule has 0 aliphatic heterocycles. The van der Waals surface area contributed by atoms with Crippen molar-refractivity contribution in [3.63, 3.8) is 0 Å². The Kier molecular flexibility index (Phi) is 4.44. The summed E-state index contributed by atoms with van der Waals surface area (Å²) < 4.78 is 27.0. The lowest BCUT2D eigenvalue weighted by molar-refractivity contribution is 0.361. The number of nitrogen functional groups attached to an aromatic ring is 1. The lowest BCUT2D eigenvalue weighted by Gasteiger charge is -2.29. The first-order chi connectivity index (χ1) is 8.98. The number of para-hydroxylation sites is 1. The Labute approximate surface area is 114 Å². The van der Waals surface area contributed by atoms with Crippen LogP contribution in [0.4, 0.5) is 5.69 Å². The zero-order valence-corrected chi connectivity index (χ0v) is 11.7. The first-order valence-electron chi connectivity index (χ1n) is 6.57. The van der Waals surface area contributed by atoms with E-state index in [1.807, 2.05) is 0 Å². The third-order valence-corrected chi connectivity index (χ3v) is 4.90. The van der Waals surface area contributed by atoms with Crippen LogP contribution in [0.25, 0.3) is 0 Å². The molecular weight excluding hydrogens is 262 g/mol. The molecule has 19 heavy (non-hydrogen) atoms. The highest BCUT2D eigenvalue weighted by molar-refractivity contribution is 7.88. The van der Waals surface area contributed by atoms with E-state index in [0.29, 0.717) is 11.3 Å². The van der Waals surface area contributed by atoms with Gasteiger partial charge in [-0.05, 0) is 24.5 Å². The van der Waals surface area contributed by atoms with Crippen LogP contribution < -0.4 is 16.2 Å². The molecule has 0 bridgehead atoms. The quantitative estimate of drug-likeness (QED) is 0.717. The molecule has 1 fully saturated rings. The van der Waals surface area contributed by atoms with E-state index in [9.17, 15) is 8.42 Å². The highest BCUT2D eigenvalue weighted by Gasteiger charge is 2.26. The SMILES string of the molecule is Nc1ccccc1CS(=O)(=O)NC1CCCCC1N. The van der Waals surface area contributed by atoms with Gasteiger partial charge in [-0.2, -0.15) is 0 Å². The van der Waals surface area contributed by atoms with E-state index in [0.717, 1.165) is 25.7 Å². The first kappa shape index (κ1) is 14.3.